The van der Waals surface area contributed by atoms with Gasteiger partial charge in [0.1, 0.15) is 11.8 Å². The summed E-state index contributed by atoms with van der Waals surface area (Å²) in [6.07, 6.45) is -0.353. The molecular formula is C20H17N3O4. The number of carbonyl (C=O) groups is 2. The quantitative estimate of drug-likeness (QED) is 0.618. The van der Waals surface area contributed by atoms with Gasteiger partial charge in [-0.3, -0.25) is 9.59 Å². The highest BCUT2D eigenvalue weighted by Gasteiger charge is 2.21. The molecule has 27 heavy (non-hydrogen) atoms. The van der Waals surface area contributed by atoms with E-state index in [1.807, 2.05) is 6.07 Å². The summed E-state index contributed by atoms with van der Waals surface area (Å²) in [5.41, 5.74) is 1.56. The van der Waals surface area contributed by atoms with Gasteiger partial charge >= 0.3 is 5.97 Å². The molecule has 1 aromatic heterocycles. The van der Waals surface area contributed by atoms with E-state index in [-0.39, 0.29) is 30.7 Å². The molecule has 0 fully saturated rings. The Morgan fingerprint density at radius 2 is 1.89 bits per heavy atom. The third-order valence-electron chi connectivity index (χ3n) is 3.97. The standard InChI is InChI=1S/C20H17N3O4/c1-3-27-18(25)8-7-17(24)19-20(26)14(11-22)9-16(23-19)15-6-4-5-13(10-21)12(15)2/h4-6,9,26H,3,7-8H2,1-2H3. The lowest BCUT2D eigenvalue weighted by atomic mass is 9.98. The maximum atomic E-state index is 12.4. The number of hydrogen-bond acceptors (Lipinski definition) is 7. The van der Waals surface area contributed by atoms with Crippen molar-refractivity contribution in [2.75, 3.05) is 6.61 Å². The van der Waals surface area contributed by atoms with Crippen LogP contribution in [0.2, 0.25) is 0 Å². The molecular weight excluding hydrogens is 346 g/mol. The molecule has 0 amide bonds. The van der Waals surface area contributed by atoms with Crippen LogP contribution in [0, 0.1) is 29.6 Å². The smallest absolute Gasteiger partial charge is 0.306 e. The van der Waals surface area contributed by atoms with Crippen LogP contribution in [0.3, 0.4) is 0 Å². The summed E-state index contributed by atoms with van der Waals surface area (Å²) in [6, 6.07) is 10.3. The molecule has 0 saturated heterocycles. The predicted molar refractivity (Wildman–Crippen MR) is 95.7 cm³/mol. The Balaban J connectivity index is 2.47. The van der Waals surface area contributed by atoms with E-state index in [0.717, 1.165) is 0 Å². The van der Waals surface area contributed by atoms with Crippen LogP contribution in [0.15, 0.2) is 24.3 Å². The van der Waals surface area contributed by atoms with E-state index in [1.54, 1.807) is 32.0 Å². The van der Waals surface area contributed by atoms with Gasteiger partial charge in [0, 0.05) is 12.0 Å². The molecule has 7 heteroatoms. The van der Waals surface area contributed by atoms with Crippen molar-refractivity contribution in [3.63, 3.8) is 0 Å². The SMILES string of the molecule is CCOC(=O)CCC(=O)c1nc(-c2cccc(C#N)c2C)cc(C#N)c1O. The van der Waals surface area contributed by atoms with Gasteiger partial charge in [0.05, 0.1) is 35.9 Å². The number of rotatable bonds is 6. The molecule has 1 N–H and O–H groups in total. The zero-order valence-electron chi connectivity index (χ0n) is 14.9. The molecule has 0 unspecified atom stereocenters. The number of Topliss-reactive ketones (excluding diaryl/α,β-unsaturated/α-hetero) is 1. The minimum Gasteiger partial charge on any atom is -0.504 e. The zero-order valence-corrected chi connectivity index (χ0v) is 14.9. The molecule has 2 aromatic rings. The van der Waals surface area contributed by atoms with Crippen LogP contribution in [0.4, 0.5) is 0 Å². The van der Waals surface area contributed by atoms with Crippen molar-refractivity contribution in [1.29, 1.82) is 10.5 Å². The highest BCUT2D eigenvalue weighted by Crippen LogP contribution is 2.30. The number of ether oxygens (including phenoxy) is 1. The molecule has 2 rings (SSSR count). The molecule has 7 nitrogen and oxygen atoms in total. The Kier molecular flexibility index (Phi) is 6.24. The minimum atomic E-state index is -0.576. The second-order valence-electron chi connectivity index (χ2n) is 5.68. The van der Waals surface area contributed by atoms with Crippen LogP contribution in [-0.2, 0) is 9.53 Å². The number of ketones is 1. The van der Waals surface area contributed by atoms with E-state index in [0.29, 0.717) is 22.4 Å². The summed E-state index contributed by atoms with van der Waals surface area (Å²) in [4.78, 5) is 28.1. The van der Waals surface area contributed by atoms with E-state index in [4.69, 9.17) is 4.74 Å². The van der Waals surface area contributed by atoms with Crippen molar-refractivity contribution in [1.82, 2.24) is 4.98 Å². The first-order valence-electron chi connectivity index (χ1n) is 8.25. The predicted octanol–water partition coefficient (Wildman–Crippen LogP) is 3.03. The number of hydrogen-bond donors (Lipinski definition) is 1. The second-order valence-corrected chi connectivity index (χ2v) is 5.68. The van der Waals surface area contributed by atoms with Crippen molar-refractivity contribution >= 4 is 11.8 Å². The van der Waals surface area contributed by atoms with Gasteiger partial charge in [-0.15, -0.1) is 0 Å². The largest absolute Gasteiger partial charge is 0.504 e. The molecule has 136 valence electrons. The Bertz CT molecular complexity index is 984. The van der Waals surface area contributed by atoms with Crippen molar-refractivity contribution in [3.8, 4) is 29.1 Å². The highest BCUT2D eigenvalue weighted by atomic mass is 16.5. The summed E-state index contributed by atoms with van der Waals surface area (Å²) in [6.45, 7) is 3.60. The molecule has 0 atom stereocenters. The molecule has 0 aliphatic rings. The fraction of sp³-hybridized carbons (Fsp3) is 0.250. The third kappa shape index (κ3) is 4.28. The van der Waals surface area contributed by atoms with E-state index in [2.05, 4.69) is 11.1 Å². The van der Waals surface area contributed by atoms with Crippen molar-refractivity contribution in [3.05, 3.63) is 46.6 Å². The minimum absolute atomic E-state index is 0.110. The third-order valence-corrected chi connectivity index (χ3v) is 3.97. The second kappa shape index (κ2) is 8.59. The van der Waals surface area contributed by atoms with Crippen molar-refractivity contribution in [2.24, 2.45) is 0 Å². The summed E-state index contributed by atoms with van der Waals surface area (Å²) in [7, 11) is 0. The van der Waals surface area contributed by atoms with Gasteiger partial charge in [-0.05, 0) is 31.5 Å². The topological polar surface area (TPSA) is 124 Å². The lowest BCUT2D eigenvalue weighted by molar-refractivity contribution is -0.143. The van der Waals surface area contributed by atoms with Gasteiger partial charge in [0.2, 0.25) is 0 Å². The van der Waals surface area contributed by atoms with Gasteiger partial charge in [0.15, 0.2) is 11.5 Å². The number of pyridine rings is 1. The highest BCUT2D eigenvalue weighted by molar-refractivity contribution is 5.99. The first-order valence-corrected chi connectivity index (χ1v) is 8.25. The van der Waals surface area contributed by atoms with Crippen LogP contribution < -0.4 is 0 Å². The number of esters is 1. The van der Waals surface area contributed by atoms with Crippen LogP contribution in [0.5, 0.6) is 5.75 Å². The number of carbonyl (C=O) groups excluding carboxylic acids is 2. The number of nitriles is 2. The molecule has 1 aromatic carbocycles. The maximum Gasteiger partial charge on any atom is 0.306 e. The molecule has 0 radical (unpaired) electrons. The molecule has 0 spiro atoms. The summed E-state index contributed by atoms with van der Waals surface area (Å²) in [5, 5.41) is 28.7. The molecule has 1 heterocycles. The van der Waals surface area contributed by atoms with Gasteiger partial charge in [-0.1, -0.05) is 12.1 Å². The maximum absolute atomic E-state index is 12.4. The first kappa shape index (κ1) is 19.6. The van der Waals surface area contributed by atoms with Crippen LogP contribution in [0.25, 0.3) is 11.3 Å². The van der Waals surface area contributed by atoms with Gasteiger partial charge in [0.25, 0.3) is 0 Å². The van der Waals surface area contributed by atoms with Gasteiger partial charge < -0.3 is 9.84 Å². The van der Waals surface area contributed by atoms with E-state index >= 15 is 0 Å². The first-order chi connectivity index (χ1) is 12.9. The molecule has 0 saturated carbocycles. The zero-order chi connectivity index (χ0) is 20.0. The average Bonchev–Trinajstić information content (AvgIpc) is 2.67. The Morgan fingerprint density at radius 1 is 1.19 bits per heavy atom. The summed E-state index contributed by atoms with van der Waals surface area (Å²) in [5.74, 6) is -1.63. The van der Waals surface area contributed by atoms with Crippen molar-refractivity contribution < 1.29 is 19.4 Å². The van der Waals surface area contributed by atoms with Crippen LogP contribution in [0.1, 0.15) is 46.9 Å². The summed E-state index contributed by atoms with van der Waals surface area (Å²) >= 11 is 0. The molecule has 0 aliphatic carbocycles. The number of benzene rings is 1. The van der Waals surface area contributed by atoms with Crippen LogP contribution >= 0.6 is 0 Å². The number of aromatic nitrogens is 1. The number of nitrogens with zero attached hydrogens (tertiary/aromatic N) is 3. The monoisotopic (exact) mass is 363 g/mol. The average molecular weight is 363 g/mol. The summed E-state index contributed by atoms with van der Waals surface area (Å²) < 4.78 is 4.78. The van der Waals surface area contributed by atoms with E-state index < -0.39 is 17.5 Å². The van der Waals surface area contributed by atoms with Gasteiger partial charge in [-0.25, -0.2) is 4.98 Å². The Labute approximate surface area is 156 Å². The normalized spacial score (nSPS) is 9.93. The molecule has 0 aliphatic heterocycles. The fourth-order valence-corrected chi connectivity index (χ4v) is 2.56. The lowest BCUT2D eigenvalue weighted by Crippen LogP contribution is -2.10. The lowest BCUT2D eigenvalue weighted by Gasteiger charge is -2.11. The van der Waals surface area contributed by atoms with Gasteiger partial charge in [-0.2, -0.15) is 10.5 Å². The molecule has 0 bridgehead atoms. The van der Waals surface area contributed by atoms with E-state index in [9.17, 15) is 25.2 Å². The Hall–Kier alpha value is -3.71. The van der Waals surface area contributed by atoms with Crippen LogP contribution in [-0.4, -0.2) is 28.4 Å². The van der Waals surface area contributed by atoms with Crippen molar-refractivity contribution in [2.45, 2.75) is 26.7 Å². The van der Waals surface area contributed by atoms with E-state index in [1.165, 1.54) is 6.07 Å². The Morgan fingerprint density at radius 3 is 2.52 bits per heavy atom. The number of aromatic hydroxyl groups is 1. The fourth-order valence-electron chi connectivity index (χ4n) is 2.56.